The molecule has 2 aliphatic heterocycles. The maximum atomic E-state index is 11.8. The van der Waals surface area contributed by atoms with Crippen molar-refractivity contribution in [1.29, 1.82) is 0 Å². The quantitative estimate of drug-likeness (QED) is 0.750. The van der Waals surface area contributed by atoms with E-state index in [-0.39, 0.29) is 5.91 Å². The second kappa shape index (κ2) is 5.64. The van der Waals surface area contributed by atoms with Gasteiger partial charge in [0, 0.05) is 19.1 Å². The monoisotopic (exact) mass is 225 g/mol. The number of hydrogen-bond acceptors (Lipinski definition) is 3. The van der Waals surface area contributed by atoms with Crippen LogP contribution in [0.2, 0.25) is 0 Å². The molecule has 1 amide bonds. The third-order valence-corrected chi connectivity index (χ3v) is 3.75. The van der Waals surface area contributed by atoms with Crippen molar-refractivity contribution in [1.82, 2.24) is 15.1 Å². The zero-order valence-corrected chi connectivity index (χ0v) is 10.2. The minimum Gasteiger partial charge on any atom is -0.340 e. The van der Waals surface area contributed by atoms with Crippen LogP contribution >= 0.6 is 0 Å². The molecular formula is C12H23N3O. The minimum absolute atomic E-state index is 0.278. The largest absolute Gasteiger partial charge is 0.340 e. The van der Waals surface area contributed by atoms with E-state index in [1.165, 1.54) is 19.4 Å². The van der Waals surface area contributed by atoms with Gasteiger partial charge in [0.2, 0.25) is 5.91 Å². The summed E-state index contributed by atoms with van der Waals surface area (Å²) >= 11 is 0. The first-order valence-corrected chi connectivity index (χ1v) is 6.54. The molecule has 0 saturated carbocycles. The predicted octanol–water partition coefficient (Wildman–Crippen LogP) is 0.293. The van der Waals surface area contributed by atoms with Crippen molar-refractivity contribution < 1.29 is 4.79 Å². The maximum absolute atomic E-state index is 11.8. The molecule has 0 aromatic heterocycles. The first kappa shape index (κ1) is 11.9. The number of likely N-dealkylation sites (tertiary alicyclic amines) is 1. The molecule has 0 bridgehead atoms. The molecule has 1 unspecified atom stereocenters. The van der Waals surface area contributed by atoms with Gasteiger partial charge in [-0.1, -0.05) is 6.92 Å². The second-order valence-electron chi connectivity index (χ2n) is 4.79. The Hall–Kier alpha value is -0.610. The topological polar surface area (TPSA) is 35.6 Å². The Morgan fingerprint density at radius 2 is 2.25 bits per heavy atom. The molecule has 0 aromatic carbocycles. The van der Waals surface area contributed by atoms with E-state index in [0.29, 0.717) is 12.6 Å². The zero-order chi connectivity index (χ0) is 11.4. The van der Waals surface area contributed by atoms with Crippen LogP contribution in [-0.4, -0.2) is 61.0 Å². The molecular weight excluding hydrogens is 202 g/mol. The normalized spacial score (nSPS) is 28.4. The highest BCUT2D eigenvalue weighted by Crippen LogP contribution is 2.18. The van der Waals surface area contributed by atoms with Crippen molar-refractivity contribution >= 4 is 5.91 Å². The summed E-state index contributed by atoms with van der Waals surface area (Å²) in [6, 6.07) is 0.604. The molecule has 4 heteroatoms. The molecule has 2 rings (SSSR count). The van der Waals surface area contributed by atoms with Crippen molar-refractivity contribution in [2.75, 3.05) is 39.3 Å². The molecule has 0 spiro atoms. The van der Waals surface area contributed by atoms with Gasteiger partial charge < -0.3 is 10.2 Å². The molecule has 16 heavy (non-hydrogen) atoms. The van der Waals surface area contributed by atoms with Gasteiger partial charge in [-0.05, 0) is 38.9 Å². The third kappa shape index (κ3) is 2.74. The molecule has 0 radical (unpaired) electrons. The van der Waals surface area contributed by atoms with Crippen LogP contribution in [0.4, 0.5) is 0 Å². The van der Waals surface area contributed by atoms with E-state index in [2.05, 4.69) is 22.0 Å². The molecule has 2 heterocycles. The molecule has 0 aliphatic carbocycles. The van der Waals surface area contributed by atoms with Crippen LogP contribution in [0.5, 0.6) is 0 Å². The van der Waals surface area contributed by atoms with Gasteiger partial charge >= 0.3 is 0 Å². The maximum Gasteiger partial charge on any atom is 0.236 e. The minimum atomic E-state index is 0.278. The molecule has 2 saturated heterocycles. The summed E-state index contributed by atoms with van der Waals surface area (Å²) in [6.45, 7) is 7.91. The summed E-state index contributed by atoms with van der Waals surface area (Å²) in [5.41, 5.74) is 0. The van der Waals surface area contributed by atoms with Gasteiger partial charge in [0.1, 0.15) is 0 Å². The smallest absolute Gasteiger partial charge is 0.236 e. The average molecular weight is 225 g/mol. The number of nitrogens with one attached hydrogen (secondary N) is 1. The van der Waals surface area contributed by atoms with Crippen LogP contribution in [-0.2, 0) is 4.79 Å². The van der Waals surface area contributed by atoms with E-state index in [9.17, 15) is 4.79 Å². The number of amides is 1. The number of rotatable bonds is 3. The molecule has 1 N–H and O–H groups in total. The molecule has 2 fully saturated rings. The Balaban J connectivity index is 1.89. The van der Waals surface area contributed by atoms with Crippen LogP contribution in [0.1, 0.15) is 26.2 Å². The number of nitrogens with zero attached hydrogens (tertiary/aromatic N) is 2. The van der Waals surface area contributed by atoms with Gasteiger partial charge in [-0.2, -0.15) is 0 Å². The van der Waals surface area contributed by atoms with Crippen molar-refractivity contribution in [3.8, 4) is 0 Å². The van der Waals surface area contributed by atoms with Crippen molar-refractivity contribution in [3.05, 3.63) is 0 Å². The Labute approximate surface area is 98.0 Å². The molecule has 92 valence electrons. The van der Waals surface area contributed by atoms with Gasteiger partial charge in [0.05, 0.1) is 6.54 Å². The summed E-state index contributed by atoms with van der Waals surface area (Å²) in [5, 5.41) is 3.17. The van der Waals surface area contributed by atoms with E-state index < -0.39 is 0 Å². The Morgan fingerprint density at radius 1 is 1.38 bits per heavy atom. The van der Waals surface area contributed by atoms with Crippen LogP contribution in [0.25, 0.3) is 0 Å². The summed E-state index contributed by atoms with van der Waals surface area (Å²) in [7, 11) is 0. The van der Waals surface area contributed by atoms with Gasteiger partial charge in [0.15, 0.2) is 0 Å². The van der Waals surface area contributed by atoms with Crippen molar-refractivity contribution in [2.24, 2.45) is 0 Å². The Morgan fingerprint density at radius 3 is 3.06 bits per heavy atom. The Kier molecular flexibility index (Phi) is 4.18. The number of likely N-dealkylation sites (N-methyl/N-ethyl adjacent to an activating group) is 1. The molecule has 4 nitrogen and oxygen atoms in total. The van der Waals surface area contributed by atoms with E-state index in [0.717, 1.165) is 32.6 Å². The first-order valence-electron chi connectivity index (χ1n) is 6.54. The fourth-order valence-corrected chi connectivity index (χ4v) is 2.79. The molecule has 2 aliphatic rings. The first-order chi connectivity index (χ1) is 7.81. The molecule has 0 aromatic rings. The number of carbonyl (C=O) groups excluding carboxylic acids is 1. The van der Waals surface area contributed by atoms with Gasteiger partial charge in [-0.25, -0.2) is 0 Å². The summed E-state index contributed by atoms with van der Waals surface area (Å²) in [5.74, 6) is 0.278. The van der Waals surface area contributed by atoms with Gasteiger partial charge in [-0.15, -0.1) is 0 Å². The zero-order valence-electron chi connectivity index (χ0n) is 10.2. The SMILES string of the molecule is CCN1CCCC1CN1CCCNCC1=O. The van der Waals surface area contributed by atoms with Crippen LogP contribution in [0.3, 0.4) is 0 Å². The van der Waals surface area contributed by atoms with Crippen LogP contribution < -0.4 is 5.32 Å². The van der Waals surface area contributed by atoms with E-state index in [1.54, 1.807) is 0 Å². The predicted molar refractivity (Wildman–Crippen MR) is 64.3 cm³/mol. The van der Waals surface area contributed by atoms with E-state index in [1.807, 2.05) is 0 Å². The highest BCUT2D eigenvalue weighted by Gasteiger charge is 2.27. The fraction of sp³-hybridized carbons (Fsp3) is 0.917. The van der Waals surface area contributed by atoms with Gasteiger partial charge in [0.25, 0.3) is 0 Å². The molecule has 1 atom stereocenters. The number of carbonyl (C=O) groups is 1. The lowest BCUT2D eigenvalue weighted by Crippen LogP contribution is -2.44. The lowest BCUT2D eigenvalue weighted by molar-refractivity contribution is -0.130. The Bertz CT molecular complexity index is 244. The van der Waals surface area contributed by atoms with E-state index in [4.69, 9.17) is 0 Å². The number of hydrogen-bond donors (Lipinski definition) is 1. The van der Waals surface area contributed by atoms with Crippen molar-refractivity contribution in [2.45, 2.75) is 32.2 Å². The lowest BCUT2D eigenvalue weighted by Gasteiger charge is -2.29. The summed E-state index contributed by atoms with van der Waals surface area (Å²) in [6.07, 6.45) is 3.63. The average Bonchev–Trinajstić information content (AvgIpc) is 2.64. The highest BCUT2D eigenvalue weighted by atomic mass is 16.2. The second-order valence-corrected chi connectivity index (χ2v) is 4.79. The van der Waals surface area contributed by atoms with Crippen molar-refractivity contribution in [3.63, 3.8) is 0 Å². The van der Waals surface area contributed by atoms with Crippen LogP contribution in [0, 0.1) is 0 Å². The third-order valence-electron chi connectivity index (χ3n) is 3.75. The summed E-state index contributed by atoms with van der Waals surface area (Å²) < 4.78 is 0. The highest BCUT2D eigenvalue weighted by molar-refractivity contribution is 5.78. The summed E-state index contributed by atoms with van der Waals surface area (Å²) in [4.78, 5) is 16.4. The standard InChI is InChI=1S/C12H23N3O/c1-2-14-7-3-5-11(14)10-15-8-4-6-13-9-12(15)16/h11,13H,2-10H2,1H3. The van der Waals surface area contributed by atoms with Crippen LogP contribution in [0.15, 0.2) is 0 Å². The van der Waals surface area contributed by atoms with E-state index >= 15 is 0 Å². The lowest BCUT2D eigenvalue weighted by atomic mass is 10.2. The van der Waals surface area contributed by atoms with Gasteiger partial charge in [-0.3, -0.25) is 9.69 Å². The fourth-order valence-electron chi connectivity index (χ4n) is 2.79.